The third kappa shape index (κ3) is 2.50. The van der Waals surface area contributed by atoms with Crippen molar-refractivity contribution in [1.82, 2.24) is 0 Å². The number of hydrogen-bond donors (Lipinski definition) is 0. The van der Waals surface area contributed by atoms with E-state index in [-0.39, 0.29) is 5.78 Å². The molecule has 108 valence electrons. The number of carbonyl (C=O) groups excluding carboxylic acids is 1. The third-order valence-corrected chi connectivity index (χ3v) is 3.96. The van der Waals surface area contributed by atoms with E-state index in [0.717, 1.165) is 17.7 Å². The average molecular weight is 276 g/mol. The molecule has 0 amide bonds. The molecule has 0 saturated carbocycles. The minimum atomic E-state index is -0.566. The van der Waals surface area contributed by atoms with Crippen LogP contribution in [-0.4, -0.2) is 27.1 Å². The van der Waals surface area contributed by atoms with Crippen molar-refractivity contribution in [1.29, 1.82) is 0 Å². The molecule has 1 atom stereocenters. The van der Waals surface area contributed by atoms with Crippen LogP contribution in [-0.2, 0) is 14.9 Å². The van der Waals surface area contributed by atoms with Crippen LogP contribution in [0.2, 0.25) is 0 Å². The van der Waals surface area contributed by atoms with Crippen molar-refractivity contribution in [3.63, 3.8) is 0 Å². The Hall–Kier alpha value is -1.97. The van der Waals surface area contributed by atoms with E-state index in [1.165, 1.54) is 0 Å². The lowest BCUT2D eigenvalue weighted by Gasteiger charge is -2.31. The first kappa shape index (κ1) is 14.4. The molecule has 0 saturated heterocycles. The lowest BCUT2D eigenvalue weighted by molar-refractivity contribution is -0.120. The van der Waals surface area contributed by atoms with Crippen LogP contribution in [0.15, 0.2) is 30.0 Å². The maximum atomic E-state index is 12.4. The molecule has 0 N–H and O–H groups in total. The van der Waals surface area contributed by atoms with Gasteiger partial charge < -0.3 is 14.2 Å². The third-order valence-electron chi connectivity index (χ3n) is 3.96. The molecule has 1 aromatic rings. The van der Waals surface area contributed by atoms with E-state index in [9.17, 15) is 4.79 Å². The first-order chi connectivity index (χ1) is 9.53. The van der Waals surface area contributed by atoms with E-state index in [1.54, 1.807) is 33.5 Å². The second kappa shape index (κ2) is 5.57. The summed E-state index contributed by atoms with van der Waals surface area (Å²) in [6.07, 6.45) is 3.05. The van der Waals surface area contributed by atoms with Gasteiger partial charge in [-0.1, -0.05) is 0 Å². The van der Waals surface area contributed by atoms with Gasteiger partial charge in [0.15, 0.2) is 5.78 Å². The second-order valence-corrected chi connectivity index (χ2v) is 5.11. The van der Waals surface area contributed by atoms with Crippen molar-refractivity contribution in [3.8, 4) is 11.5 Å². The molecule has 0 spiro atoms. The zero-order valence-electron chi connectivity index (χ0n) is 12.4. The number of hydrogen-bond acceptors (Lipinski definition) is 4. The molecule has 1 aliphatic rings. The molecule has 0 heterocycles. The normalized spacial score (nSPS) is 22.2. The molecule has 2 rings (SSSR count). The predicted octanol–water partition coefficient (Wildman–Crippen LogP) is 2.85. The van der Waals surface area contributed by atoms with Crippen molar-refractivity contribution >= 4 is 5.78 Å². The highest BCUT2D eigenvalue weighted by molar-refractivity contribution is 6.00. The Morgan fingerprint density at radius 1 is 1.00 bits per heavy atom. The molecule has 4 heteroatoms. The van der Waals surface area contributed by atoms with Gasteiger partial charge in [0, 0.05) is 18.6 Å². The highest BCUT2D eigenvalue weighted by atomic mass is 16.5. The highest BCUT2D eigenvalue weighted by Gasteiger charge is 2.37. The summed E-state index contributed by atoms with van der Waals surface area (Å²) in [4.78, 5) is 12.4. The quantitative estimate of drug-likeness (QED) is 0.848. The van der Waals surface area contributed by atoms with Crippen LogP contribution in [0.5, 0.6) is 11.5 Å². The minimum Gasteiger partial charge on any atom is -0.501 e. The first-order valence-corrected chi connectivity index (χ1v) is 6.56. The Morgan fingerprint density at radius 3 is 2.05 bits per heavy atom. The van der Waals surface area contributed by atoms with E-state index < -0.39 is 5.41 Å². The number of allylic oxidation sites excluding steroid dienone is 2. The predicted molar refractivity (Wildman–Crippen MR) is 76.2 cm³/mol. The van der Waals surface area contributed by atoms with E-state index in [2.05, 4.69) is 0 Å². The van der Waals surface area contributed by atoms with Crippen molar-refractivity contribution in [2.24, 2.45) is 0 Å². The fraction of sp³-hybridized carbons (Fsp3) is 0.438. The molecule has 1 unspecified atom stereocenters. The van der Waals surface area contributed by atoms with Gasteiger partial charge in [0.1, 0.15) is 11.5 Å². The zero-order valence-corrected chi connectivity index (χ0v) is 12.4. The van der Waals surface area contributed by atoms with Crippen LogP contribution >= 0.6 is 0 Å². The Kier molecular flexibility index (Phi) is 4.02. The van der Waals surface area contributed by atoms with E-state index in [4.69, 9.17) is 14.2 Å². The first-order valence-electron chi connectivity index (χ1n) is 6.56. The van der Waals surface area contributed by atoms with Crippen molar-refractivity contribution < 1.29 is 19.0 Å². The van der Waals surface area contributed by atoms with Crippen molar-refractivity contribution in [2.75, 3.05) is 21.3 Å². The number of benzene rings is 1. The lowest BCUT2D eigenvalue weighted by atomic mass is 9.72. The zero-order chi connectivity index (χ0) is 14.8. The van der Waals surface area contributed by atoms with Crippen LogP contribution < -0.4 is 9.47 Å². The smallest absolute Gasteiger partial charge is 0.169 e. The fourth-order valence-electron chi connectivity index (χ4n) is 2.45. The van der Waals surface area contributed by atoms with Crippen molar-refractivity contribution in [3.05, 3.63) is 35.6 Å². The number of ketones is 1. The monoisotopic (exact) mass is 276 g/mol. The Labute approximate surface area is 119 Å². The van der Waals surface area contributed by atoms with Gasteiger partial charge in [-0.3, -0.25) is 4.79 Å². The molecule has 0 fully saturated rings. The number of carbonyl (C=O) groups is 1. The molecule has 0 aliphatic heterocycles. The van der Waals surface area contributed by atoms with E-state index in [1.807, 2.05) is 19.1 Å². The summed E-state index contributed by atoms with van der Waals surface area (Å²) in [5.41, 5.74) is 0.342. The summed E-state index contributed by atoms with van der Waals surface area (Å²) < 4.78 is 15.7. The minimum absolute atomic E-state index is 0.0518. The van der Waals surface area contributed by atoms with Gasteiger partial charge in [0.2, 0.25) is 0 Å². The topological polar surface area (TPSA) is 44.8 Å². The van der Waals surface area contributed by atoms with Crippen LogP contribution in [0.1, 0.15) is 25.3 Å². The SMILES string of the molecule is COC1=CC(=O)C(C)(c2cc(OC)cc(OC)c2)CC1. The molecular formula is C16H20O4. The summed E-state index contributed by atoms with van der Waals surface area (Å²) in [5, 5.41) is 0. The Bertz CT molecular complexity index is 525. The number of rotatable bonds is 4. The van der Waals surface area contributed by atoms with Crippen LogP contribution in [0.25, 0.3) is 0 Å². The summed E-state index contributed by atoms with van der Waals surface area (Å²) in [5.74, 6) is 2.17. The molecule has 4 nitrogen and oxygen atoms in total. The Balaban J connectivity index is 2.45. The molecule has 0 aromatic heterocycles. The summed E-state index contributed by atoms with van der Waals surface area (Å²) in [6, 6.07) is 5.59. The van der Waals surface area contributed by atoms with E-state index in [0.29, 0.717) is 17.9 Å². The number of methoxy groups -OCH3 is 3. The molecule has 20 heavy (non-hydrogen) atoms. The molecule has 0 bridgehead atoms. The van der Waals surface area contributed by atoms with Gasteiger partial charge in [-0.05, 0) is 31.0 Å². The van der Waals surface area contributed by atoms with E-state index >= 15 is 0 Å². The molecular weight excluding hydrogens is 256 g/mol. The number of ether oxygens (including phenoxy) is 3. The molecule has 1 aromatic carbocycles. The lowest BCUT2D eigenvalue weighted by Crippen LogP contribution is -2.34. The molecule has 1 aliphatic carbocycles. The average Bonchev–Trinajstić information content (AvgIpc) is 2.49. The van der Waals surface area contributed by atoms with Gasteiger partial charge in [-0.25, -0.2) is 0 Å². The maximum Gasteiger partial charge on any atom is 0.169 e. The summed E-state index contributed by atoms with van der Waals surface area (Å²) in [6.45, 7) is 1.95. The van der Waals surface area contributed by atoms with Gasteiger partial charge in [-0.15, -0.1) is 0 Å². The standard InChI is InChI=1S/C16H20O4/c1-16(6-5-12(18-2)10-15(16)17)11-7-13(19-3)9-14(8-11)20-4/h7-10H,5-6H2,1-4H3. The van der Waals surface area contributed by atoms with Crippen LogP contribution in [0, 0.1) is 0 Å². The fourth-order valence-corrected chi connectivity index (χ4v) is 2.45. The van der Waals surface area contributed by atoms with Crippen molar-refractivity contribution in [2.45, 2.75) is 25.2 Å². The van der Waals surface area contributed by atoms with Gasteiger partial charge in [0.25, 0.3) is 0 Å². The Morgan fingerprint density at radius 2 is 1.60 bits per heavy atom. The van der Waals surface area contributed by atoms with Gasteiger partial charge in [0.05, 0.1) is 32.5 Å². The maximum absolute atomic E-state index is 12.4. The van der Waals surface area contributed by atoms with Gasteiger partial charge in [-0.2, -0.15) is 0 Å². The van der Waals surface area contributed by atoms with Crippen LogP contribution in [0.4, 0.5) is 0 Å². The van der Waals surface area contributed by atoms with Crippen LogP contribution in [0.3, 0.4) is 0 Å². The summed E-state index contributed by atoms with van der Waals surface area (Å²) >= 11 is 0. The summed E-state index contributed by atoms with van der Waals surface area (Å²) in [7, 11) is 4.80. The molecule has 0 radical (unpaired) electrons. The highest BCUT2D eigenvalue weighted by Crippen LogP contribution is 2.39. The largest absolute Gasteiger partial charge is 0.501 e. The van der Waals surface area contributed by atoms with Gasteiger partial charge >= 0.3 is 0 Å². The second-order valence-electron chi connectivity index (χ2n) is 5.11.